The molecule has 2 aromatic rings. The largest absolute Gasteiger partial charge is 0.326 e. The second kappa shape index (κ2) is 5.60. The molecule has 88 valence electrons. The second-order valence-corrected chi connectivity index (χ2v) is 3.78. The molecule has 0 spiro atoms. The van der Waals surface area contributed by atoms with Crippen molar-refractivity contribution in [2.45, 2.75) is 6.42 Å². The molecule has 0 saturated heterocycles. The zero-order valence-electron chi connectivity index (χ0n) is 9.63. The first kappa shape index (κ1) is 11.8. The number of pyridine rings is 1. The molecule has 4 nitrogen and oxygen atoms in total. The fraction of sp³-hybridized carbons (Fsp3) is 0.0714. The Labute approximate surface area is 105 Å². The van der Waals surface area contributed by atoms with Gasteiger partial charge in [0.2, 0.25) is 5.91 Å². The summed E-state index contributed by atoms with van der Waals surface area (Å²) in [6, 6.07) is 12.4. The molecule has 1 amide bonds. The van der Waals surface area contributed by atoms with E-state index in [9.17, 15) is 4.79 Å². The van der Waals surface area contributed by atoms with Crippen LogP contribution in [-0.2, 0) is 11.2 Å². The molecule has 4 heteroatoms. The summed E-state index contributed by atoms with van der Waals surface area (Å²) in [5.41, 5.74) is 2.12. The first-order valence-corrected chi connectivity index (χ1v) is 5.47. The van der Waals surface area contributed by atoms with E-state index < -0.39 is 0 Å². The Morgan fingerprint density at radius 2 is 2.06 bits per heavy atom. The molecule has 0 bridgehead atoms. The normalized spacial score (nSPS) is 9.50. The third-order valence-electron chi connectivity index (χ3n) is 2.39. The monoisotopic (exact) mass is 237 g/mol. The summed E-state index contributed by atoms with van der Waals surface area (Å²) >= 11 is 0. The summed E-state index contributed by atoms with van der Waals surface area (Å²) in [6.07, 6.45) is 3.62. The van der Waals surface area contributed by atoms with Crippen LogP contribution in [0.5, 0.6) is 0 Å². The van der Waals surface area contributed by atoms with Crippen molar-refractivity contribution in [3.63, 3.8) is 0 Å². The predicted octanol–water partition coefficient (Wildman–Crippen LogP) is 2.13. The molecule has 0 aliphatic heterocycles. The molecule has 0 fully saturated rings. The van der Waals surface area contributed by atoms with Gasteiger partial charge in [-0.25, -0.2) is 0 Å². The quantitative estimate of drug-likeness (QED) is 0.889. The van der Waals surface area contributed by atoms with Crippen LogP contribution in [-0.4, -0.2) is 10.9 Å². The number of carbonyl (C=O) groups excluding carboxylic acids is 1. The van der Waals surface area contributed by atoms with Crippen molar-refractivity contribution in [2.24, 2.45) is 0 Å². The van der Waals surface area contributed by atoms with E-state index in [4.69, 9.17) is 5.26 Å². The lowest BCUT2D eigenvalue weighted by Crippen LogP contribution is -2.14. The zero-order chi connectivity index (χ0) is 12.8. The van der Waals surface area contributed by atoms with Gasteiger partial charge in [0.25, 0.3) is 0 Å². The number of rotatable bonds is 3. The number of benzene rings is 1. The first-order valence-electron chi connectivity index (χ1n) is 5.47. The Morgan fingerprint density at radius 3 is 2.67 bits per heavy atom. The summed E-state index contributed by atoms with van der Waals surface area (Å²) in [6.45, 7) is 0. The van der Waals surface area contributed by atoms with E-state index in [1.165, 1.54) is 0 Å². The third-order valence-corrected chi connectivity index (χ3v) is 2.39. The molecule has 0 aliphatic rings. The van der Waals surface area contributed by atoms with Gasteiger partial charge in [0, 0.05) is 18.1 Å². The van der Waals surface area contributed by atoms with Crippen LogP contribution >= 0.6 is 0 Å². The number of nitriles is 1. The van der Waals surface area contributed by atoms with Gasteiger partial charge in [0.15, 0.2) is 0 Å². The summed E-state index contributed by atoms with van der Waals surface area (Å²) in [7, 11) is 0. The highest BCUT2D eigenvalue weighted by molar-refractivity contribution is 5.92. The topological polar surface area (TPSA) is 65.8 Å². The van der Waals surface area contributed by atoms with E-state index in [1.807, 2.05) is 12.1 Å². The van der Waals surface area contributed by atoms with Crippen molar-refractivity contribution in [1.29, 1.82) is 5.26 Å². The Kier molecular flexibility index (Phi) is 3.67. The van der Waals surface area contributed by atoms with Gasteiger partial charge < -0.3 is 5.32 Å². The lowest BCUT2D eigenvalue weighted by Gasteiger charge is -2.04. The van der Waals surface area contributed by atoms with Crippen LogP contribution in [0.3, 0.4) is 0 Å². The number of anilines is 1. The Balaban J connectivity index is 1.97. The molecule has 0 atom stereocenters. The van der Waals surface area contributed by atoms with E-state index >= 15 is 0 Å². The van der Waals surface area contributed by atoms with Gasteiger partial charge in [-0.15, -0.1) is 0 Å². The van der Waals surface area contributed by atoms with Crippen LogP contribution < -0.4 is 5.32 Å². The minimum absolute atomic E-state index is 0.104. The number of aromatic nitrogens is 1. The van der Waals surface area contributed by atoms with Crippen LogP contribution in [0.15, 0.2) is 48.8 Å². The number of hydrogen-bond acceptors (Lipinski definition) is 3. The summed E-state index contributed by atoms with van der Waals surface area (Å²) in [5, 5.41) is 11.4. The van der Waals surface area contributed by atoms with Crippen molar-refractivity contribution in [3.8, 4) is 6.07 Å². The molecule has 2 rings (SSSR count). The molecular formula is C14H11N3O. The van der Waals surface area contributed by atoms with Gasteiger partial charge in [-0.1, -0.05) is 6.07 Å². The van der Waals surface area contributed by atoms with Gasteiger partial charge in [0.1, 0.15) is 0 Å². The predicted molar refractivity (Wildman–Crippen MR) is 67.7 cm³/mol. The smallest absolute Gasteiger partial charge is 0.228 e. The maximum Gasteiger partial charge on any atom is 0.228 e. The number of nitrogens with zero attached hydrogens (tertiary/aromatic N) is 2. The van der Waals surface area contributed by atoms with Crippen LogP contribution in [0.2, 0.25) is 0 Å². The molecule has 0 radical (unpaired) electrons. The maximum atomic E-state index is 11.7. The van der Waals surface area contributed by atoms with Crippen molar-refractivity contribution in [3.05, 3.63) is 59.9 Å². The molecule has 0 unspecified atom stereocenters. The van der Waals surface area contributed by atoms with Crippen molar-refractivity contribution >= 4 is 11.6 Å². The van der Waals surface area contributed by atoms with Crippen LogP contribution in [0, 0.1) is 11.3 Å². The molecule has 1 N–H and O–H groups in total. The fourth-order valence-electron chi connectivity index (χ4n) is 1.52. The van der Waals surface area contributed by atoms with E-state index in [2.05, 4.69) is 10.3 Å². The summed E-state index contributed by atoms with van der Waals surface area (Å²) in [5.74, 6) is -0.104. The number of amides is 1. The van der Waals surface area contributed by atoms with Crippen molar-refractivity contribution in [1.82, 2.24) is 4.98 Å². The number of hydrogen-bond donors (Lipinski definition) is 1. The average Bonchev–Trinajstić information content (AvgIpc) is 2.40. The van der Waals surface area contributed by atoms with E-state index in [0.29, 0.717) is 11.3 Å². The fourth-order valence-corrected chi connectivity index (χ4v) is 1.52. The minimum atomic E-state index is -0.104. The molecule has 0 saturated carbocycles. The van der Waals surface area contributed by atoms with Crippen molar-refractivity contribution < 1.29 is 4.79 Å². The summed E-state index contributed by atoms with van der Waals surface area (Å²) in [4.78, 5) is 15.7. The van der Waals surface area contributed by atoms with Crippen molar-refractivity contribution in [2.75, 3.05) is 5.32 Å². The lowest BCUT2D eigenvalue weighted by atomic mass is 10.2. The average molecular weight is 237 g/mol. The van der Waals surface area contributed by atoms with E-state index in [-0.39, 0.29) is 12.3 Å². The Morgan fingerprint density at radius 1 is 1.28 bits per heavy atom. The second-order valence-electron chi connectivity index (χ2n) is 3.78. The molecule has 1 heterocycles. The minimum Gasteiger partial charge on any atom is -0.326 e. The lowest BCUT2D eigenvalue weighted by molar-refractivity contribution is -0.115. The molecule has 0 aliphatic carbocycles. The zero-order valence-corrected chi connectivity index (χ0v) is 9.63. The van der Waals surface area contributed by atoms with Crippen LogP contribution in [0.1, 0.15) is 11.1 Å². The Hall–Kier alpha value is -2.67. The number of nitrogens with one attached hydrogen (secondary N) is 1. The van der Waals surface area contributed by atoms with Gasteiger partial charge in [-0.2, -0.15) is 5.26 Å². The standard InChI is InChI=1S/C14H11N3O/c15-9-11-3-5-13(6-4-11)17-14(18)8-12-2-1-7-16-10-12/h1-7,10H,8H2,(H,17,18). The molecular weight excluding hydrogens is 226 g/mol. The molecule has 18 heavy (non-hydrogen) atoms. The van der Waals surface area contributed by atoms with Gasteiger partial charge in [-0.05, 0) is 35.9 Å². The first-order chi connectivity index (χ1) is 8.78. The highest BCUT2D eigenvalue weighted by Gasteiger charge is 2.03. The van der Waals surface area contributed by atoms with Crippen LogP contribution in [0.4, 0.5) is 5.69 Å². The highest BCUT2D eigenvalue weighted by Crippen LogP contribution is 2.09. The van der Waals surface area contributed by atoms with Crippen LogP contribution in [0.25, 0.3) is 0 Å². The van der Waals surface area contributed by atoms with Gasteiger partial charge >= 0.3 is 0 Å². The highest BCUT2D eigenvalue weighted by atomic mass is 16.1. The van der Waals surface area contributed by atoms with E-state index in [0.717, 1.165) is 5.56 Å². The number of carbonyl (C=O) groups is 1. The molecule has 1 aromatic heterocycles. The van der Waals surface area contributed by atoms with E-state index in [1.54, 1.807) is 42.7 Å². The van der Waals surface area contributed by atoms with Gasteiger partial charge in [-0.3, -0.25) is 9.78 Å². The third kappa shape index (κ3) is 3.16. The van der Waals surface area contributed by atoms with Gasteiger partial charge in [0.05, 0.1) is 18.1 Å². The SMILES string of the molecule is N#Cc1ccc(NC(=O)Cc2cccnc2)cc1. The maximum absolute atomic E-state index is 11.7. The molecule has 1 aromatic carbocycles. The summed E-state index contributed by atoms with van der Waals surface area (Å²) < 4.78 is 0. The Bertz CT molecular complexity index is 570.